The molecule has 0 spiro atoms. The fourth-order valence-electron chi connectivity index (χ4n) is 1.86. The summed E-state index contributed by atoms with van der Waals surface area (Å²) in [5.41, 5.74) is 1.25. The summed E-state index contributed by atoms with van der Waals surface area (Å²) >= 11 is 0. The minimum Gasteiger partial charge on any atom is -0.486 e. The van der Waals surface area contributed by atoms with Crippen LogP contribution in [0, 0.1) is 5.92 Å². The molecule has 3 nitrogen and oxygen atoms in total. The van der Waals surface area contributed by atoms with Gasteiger partial charge >= 0.3 is 0 Å². The standard InChI is InChI=1S/C14H21NO2/c1-10(2)9-15-11(3)12-4-5-13-14(8-12)17-7-6-16-13/h4-5,8,10-11,15H,6-7,9H2,1-3H3. The van der Waals surface area contributed by atoms with Crippen molar-refractivity contribution in [3.05, 3.63) is 23.8 Å². The van der Waals surface area contributed by atoms with E-state index in [0.29, 0.717) is 25.2 Å². The highest BCUT2D eigenvalue weighted by Crippen LogP contribution is 2.32. The first kappa shape index (κ1) is 12.2. The topological polar surface area (TPSA) is 30.5 Å². The van der Waals surface area contributed by atoms with Crippen molar-refractivity contribution >= 4 is 0 Å². The lowest BCUT2D eigenvalue weighted by Gasteiger charge is -2.21. The van der Waals surface area contributed by atoms with E-state index in [1.807, 2.05) is 6.07 Å². The van der Waals surface area contributed by atoms with Crippen LogP contribution in [0.15, 0.2) is 18.2 Å². The second-order valence-corrected chi connectivity index (χ2v) is 4.93. The Hall–Kier alpha value is -1.22. The van der Waals surface area contributed by atoms with Crippen LogP contribution in [0.1, 0.15) is 32.4 Å². The van der Waals surface area contributed by atoms with Crippen molar-refractivity contribution in [1.29, 1.82) is 0 Å². The smallest absolute Gasteiger partial charge is 0.161 e. The number of hydrogen-bond acceptors (Lipinski definition) is 3. The van der Waals surface area contributed by atoms with Gasteiger partial charge in [0.25, 0.3) is 0 Å². The molecule has 1 N–H and O–H groups in total. The molecular weight excluding hydrogens is 214 g/mol. The lowest BCUT2D eigenvalue weighted by Crippen LogP contribution is -2.23. The van der Waals surface area contributed by atoms with Crippen LogP contribution < -0.4 is 14.8 Å². The predicted octanol–water partition coefficient (Wildman–Crippen LogP) is 2.76. The number of nitrogens with one attached hydrogen (secondary N) is 1. The van der Waals surface area contributed by atoms with Gasteiger partial charge in [-0.2, -0.15) is 0 Å². The molecule has 1 aliphatic rings. The van der Waals surface area contributed by atoms with Gasteiger partial charge in [-0.3, -0.25) is 0 Å². The summed E-state index contributed by atoms with van der Waals surface area (Å²) in [4.78, 5) is 0. The summed E-state index contributed by atoms with van der Waals surface area (Å²) in [7, 11) is 0. The molecule has 0 saturated carbocycles. The maximum atomic E-state index is 5.59. The van der Waals surface area contributed by atoms with Gasteiger partial charge in [0.05, 0.1) is 0 Å². The van der Waals surface area contributed by atoms with Crippen molar-refractivity contribution < 1.29 is 9.47 Å². The SMILES string of the molecule is CC(C)CNC(C)c1ccc2c(c1)OCCO2. The fraction of sp³-hybridized carbons (Fsp3) is 0.571. The quantitative estimate of drug-likeness (QED) is 0.870. The van der Waals surface area contributed by atoms with E-state index in [4.69, 9.17) is 9.47 Å². The predicted molar refractivity (Wildman–Crippen MR) is 68.7 cm³/mol. The first-order valence-electron chi connectivity index (χ1n) is 6.29. The van der Waals surface area contributed by atoms with Crippen LogP contribution >= 0.6 is 0 Å². The Bertz CT molecular complexity index is 376. The van der Waals surface area contributed by atoms with Gasteiger partial charge in [0.2, 0.25) is 0 Å². The maximum Gasteiger partial charge on any atom is 0.161 e. The molecule has 2 rings (SSSR count). The zero-order valence-electron chi connectivity index (χ0n) is 10.8. The van der Waals surface area contributed by atoms with Gasteiger partial charge in [0.15, 0.2) is 11.5 Å². The Kier molecular flexibility index (Phi) is 3.89. The first-order chi connectivity index (χ1) is 8.16. The lowest BCUT2D eigenvalue weighted by molar-refractivity contribution is 0.171. The summed E-state index contributed by atoms with van der Waals surface area (Å²) in [6, 6.07) is 6.52. The van der Waals surface area contributed by atoms with Crippen LogP contribution in [0.5, 0.6) is 11.5 Å². The average Bonchev–Trinajstić information content (AvgIpc) is 2.35. The molecule has 0 bridgehead atoms. The Morgan fingerprint density at radius 2 is 1.82 bits per heavy atom. The highest BCUT2D eigenvalue weighted by atomic mass is 16.6. The average molecular weight is 235 g/mol. The molecule has 1 heterocycles. The summed E-state index contributed by atoms with van der Waals surface area (Å²) in [6.45, 7) is 8.91. The van der Waals surface area contributed by atoms with Crippen molar-refractivity contribution in [3.8, 4) is 11.5 Å². The zero-order chi connectivity index (χ0) is 12.3. The van der Waals surface area contributed by atoms with Crippen LogP contribution in [-0.4, -0.2) is 19.8 Å². The van der Waals surface area contributed by atoms with Crippen molar-refractivity contribution in [2.75, 3.05) is 19.8 Å². The molecule has 0 saturated heterocycles. The van der Waals surface area contributed by atoms with Crippen LogP contribution in [0.3, 0.4) is 0 Å². The molecular formula is C14H21NO2. The Morgan fingerprint density at radius 1 is 1.12 bits per heavy atom. The highest BCUT2D eigenvalue weighted by molar-refractivity contribution is 5.44. The number of hydrogen-bond donors (Lipinski definition) is 1. The number of rotatable bonds is 4. The number of fused-ring (bicyclic) bond motifs is 1. The van der Waals surface area contributed by atoms with Gasteiger partial charge in [-0.05, 0) is 37.1 Å². The summed E-state index contributed by atoms with van der Waals surface area (Å²) in [6.07, 6.45) is 0. The molecule has 0 aromatic heterocycles. The van der Waals surface area contributed by atoms with Gasteiger partial charge in [0, 0.05) is 6.04 Å². The van der Waals surface area contributed by atoms with Gasteiger partial charge < -0.3 is 14.8 Å². The van der Waals surface area contributed by atoms with Crippen molar-refractivity contribution in [3.63, 3.8) is 0 Å². The van der Waals surface area contributed by atoms with E-state index >= 15 is 0 Å². The third kappa shape index (κ3) is 3.13. The maximum absolute atomic E-state index is 5.59. The molecule has 0 amide bonds. The largest absolute Gasteiger partial charge is 0.486 e. The Labute approximate surface area is 103 Å². The van der Waals surface area contributed by atoms with Crippen LogP contribution in [0.2, 0.25) is 0 Å². The molecule has 1 aromatic rings. The van der Waals surface area contributed by atoms with E-state index in [0.717, 1.165) is 18.0 Å². The molecule has 94 valence electrons. The van der Waals surface area contributed by atoms with E-state index < -0.39 is 0 Å². The monoisotopic (exact) mass is 235 g/mol. The molecule has 0 radical (unpaired) electrons. The minimum atomic E-state index is 0.341. The van der Waals surface area contributed by atoms with Crippen molar-refractivity contribution in [1.82, 2.24) is 5.32 Å². The second-order valence-electron chi connectivity index (χ2n) is 4.93. The third-order valence-electron chi connectivity index (χ3n) is 2.90. The van der Waals surface area contributed by atoms with E-state index in [2.05, 4.69) is 38.2 Å². The highest BCUT2D eigenvalue weighted by Gasteiger charge is 2.14. The molecule has 1 unspecified atom stereocenters. The number of benzene rings is 1. The van der Waals surface area contributed by atoms with E-state index in [9.17, 15) is 0 Å². The molecule has 1 aliphatic heterocycles. The zero-order valence-corrected chi connectivity index (χ0v) is 10.8. The molecule has 3 heteroatoms. The van der Waals surface area contributed by atoms with Crippen LogP contribution in [0.25, 0.3) is 0 Å². The molecule has 0 fully saturated rings. The molecule has 1 aromatic carbocycles. The van der Waals surface area contributed by atoms with Crippen molar-refractivity contribution in [2.24, 2.45) is 5.92 Å². The second kappa shape index (κ2) is 5.41. The minimum absolute atomic E-state index is 0.341. The molecule has 17 heavy (non-hydrogen) atoms. The normalized spacial score (nSPS) is 16.0. The Morgan fingerprint density at radius 3 is 2.53 bits per heavy atom. The van der Waals surface area contributed by atoms with E-state index in [-0.39, 0.29) is 0 Å². The van der Waals surface area contributed by atoms with E-state index in [1.165, 1.54) is 5.56 Å². The Balaban J connectivity index is 2.05. The first-order valence-corrected chi connectivity index (χ1v) is 6.29. The fourth-order valence-corrected chi connectivity index (χ4v) is 1.86. The van der Waals surface area contributed by atoms with Gasteiger partial charge in [-0.25, -0.2) is 0 Å². The lowest BCUT2D eigenvalue weighted by atomic mass is 10.1. The van der Waals surface area contributed by atoms with Gasteiger partial charge in [0.1, 0.15) is 13.2 Å². The van der Waals surface area contributed by atoms with Crippen LogP contribution in [0.4, 0.5) is 0 Å². The van der Waals surface area contributed by atoms with Crippen LogP contribution in [-0.2, 0) is 0 Å². The van der Waals surface area contributed by atoms with E-state index in [1.54, 1.807) is 0 Å². The summed E-state index contributed by atoms with van der Waals surface area (Å²) in [5.74, 6) is 2.39. The van der Waals surface area contributed by atoms with Gasteiger partial charge in [-0.15, -0.1) is 0 Å². The summed E-state index contributed by atoms with van der Waals surface area (Å²) in [5, 5.41) is 3.51. The third-order valence-corrected chi connectivity index (χ3v) is 2.90. The van der Waals surface area contributed by atoms with Crippen molar-refractivity contribution in [2.45, 2.75) is 26.8 Å². The molecule has 1 atom stereocenters. The van der Waals surface area contributed by atoms with Gasteiger partial charge in [-0.1, -0.05) is 19.9 Å². The molecule has 0 aliphatic carbocycles. The summed E-state index contributed by atoms with van der Waals surface area (Å²) < 4.78 is 11.1. The number of ether oxygens (including phenoxy) is 2.